The van der Waals surface area contributed by atoms with E-state index in [1.54, 1.807) is 18.7 Å². The van der Waals surface area contributed by atoms with Crippen LogP contribution in [0.4, 0.5) is 0 Å². The second-order valence-electron chi connectivity index (χ2n) is 8.72. The summed E-state index contributed by atoms with van der Waals surface area (Å²) in [6, 6.07) is 16.4. The maximum Gasteiger partial charge on any atom is 0.283 e. The van der Waals surface area contributed by atoms with Gasteiger partial charge in [-0.2, -0.15) is 0 Å². The van der Waals surface area contributed by atoms with Crippen molar-refractivity contribution in [3.05, 3.63) is 60.0 Å². The van der Waals surface area contributed by atoms with Gasteiger partial charge < -0.3 is 23.6 Å². The molecule has 178 valence electrons. The number of aromatic nitrogens is 2. The summed E-state index contributed by atoms with van der Waals surface area (Å²) in [5.74, 6) is 2.57. The van der Waals surface area contributed by atoms with Crippen LogP contribution in [0.15, 0.2) is 62.3 Å². The molecule has 0 spiro atoms. The van der Waals surface area contributed by atoms with Gasteiger partial charge in [-0.15, -0.1) is 22.0 Å². The second-order valence-corrected chi connectivity index (χ2v) is 9.60. The molecule has 0 saturated carbocycles. The summed E-state index contributed by atoms with van der Waals surface area (Å²) in [6.07, 6.45) is 3.75. The lowest BCUT2D eigenvalue weighted by molar-refractivity contribution is 0.0599. The monoisotopic (exact) mass is 479 g/mol. The number of aliphatic hydroxyl groups excluding tert-OH is 1. The van der Waals surface area contributed by atoms with Gasteiger partial charge in [-0.05, 0) is 67.9 Å². The molecule has 1 aliphatic heterocycles. The van der Waals surface area contributed by atoms with Gasteiger partial charge in [-0.3, -0.25) is 0 Å². The topological polar surface area (TPSA) is 84.8 Å². The Morgan fingerprint density at radius 3 is 2.62 bits per heavy atom. The van der Waals surface area contributed by atoms with E-state index in [0.29, 0.717) is 41.3 Å². The van der Waals surface area contributed by atoms with Gasteiger partial charge >= 0.3 is 0 Å². The molecule has 0 radical (unpaired) electrons. The fraction of sp³-hybridized carbons (Fsp3) is 0.385. The number of β-amino-alcohol motifs (C(OH)–C–C–N with tert-alkyl or cyclic N) is 1. The van der Waals surface area contributed by atoms with Crippen LogP contribution in [-0.4, -0.2) is 58.8 Å². The van der Waals surface area contributed by atoms with Crippen molar-refractivity contribution in [3.63, 3.8) is 0 Å². The Hall–Kier alpha value is -2.81. The van der Waals surface area contributed by atoms with Gasteiger partial charge in [0, 0.05) is 24.4 Å². The Morgan fingerprint density at radius 2 is 1.91 bits per heavy atom. The fourth-order valence-electron chi connectivity index (χ4n) is 4.52. The van der Waals surface area contributed by atoms with Gasteiger partial charge in [0.05, 0.1) is 5.39 Å². The number of hydrogen-bond acceptors (Lipinski definition) is 8. The summed E-state index contributed by atoms with van der Waals surface area (Å²) in [4.78, 5) is 3.63. The third-order valence-corrected chi connectivity index (χ3v) is 7.08. The maximum atomic E-state index is 10.6. The zero-order valence-electron chi connectivity index (χ0n) is 19.4. The summed E-state index contributed by atoms with van der Waals surface area (Å²) in [6.45, 7) is 4.52. The van der Waals surface area contributed by atoms with Crippen LogP contribution in [0.5, 0.6) is 5.75 Å². The van der Waals surface area contributed by atoms with E-state index >= 15 is 0 Å². The van der Waals surface area contributed by atoms with Crippen LogP contribution < -0.4 is 4.74 Å². The molecular weight excluding hydrogens is 450 g/mol. The minimum atomic E-state index is -0.572. The highest BCUT2D eigenvalue weighted by molar-refractivity contribution is 7.98. The van der Waals surface area contributed by atoms with Crippen molar-refractivity contribution >= 4 is 22.7 Å². The first kappa shape index (κ1) is 23.0. The molecule has 0 bridgehead atoms. The second kappa shape index (κ2) is 10.2. The third-order valence-electron chi connectivity index (χ3n) is 6.33. The highest BCUT2D eigenvalue weighted by atomic mass is 32.2. The van der Waals surface area contributed by atoms with Crippen molar-refractivity contribution in [3.8, 4) is 17.4 Å². The summed E-state index contributed by atoms with van der Waals surface area (Å²) < 4.78 is 17.3. The maximum absolute atomic E-state index is 10.6. The largest absolute Gasteiger partial charge is 0.490 e. The molecule has 34 heavy (non-hydrogen) atoms. The minimum Gasteiger partial charge on any atom is -0.490 e. The summed E-state index contributed by atoms with van der Waals surface area (Å²) >= 11 is 1.77. The van der Waals surface area contributed by atoms with Gasteiger partial charge in [0.15, 0.2) is 5.76 Å². The van der Waals surface area contributed by atoms with Crippen LogP contribution >= 0.6 is 11.8 Å². The molecule has 4 aromatic rings. The molecule has 1 fully saturated rings. The lowest BCUT2D eigenvalue weighted by Crippen LogP contribution is -2.40. The standard InChI is InChI=1S/C26H29N3O4S/c1-17-27-28-26(32-17)25-14-22-23(4-3-5-24(22)33-25)31-16-20(30)15-29-12-10-19(11-13-29)18-6-8-21(34-2)9-7-18/h3-9,14,19-20,30H,10-13,15-16H2,1-2H3. The number of aliphatic hydroxyl groups is 1. The fourth-order valence-corrected chi connectivity index (χ4v) is 4.93. The van der Waals surface area contributed by atoms with E-state index in [1.165, 1.54) is 10.5 Å². The van der Waals surface area contributed by atoms with Crippen molar-refractivity contribution in [1.29, 1.82) is 0 Å². The lowest BCUT2D eigenvalue weighted by Gasteiger charge is -2.33. The Balaban J connectivity index is 1.14. The molecule has 2 aromatic carbocycles. The smallest absolute Gasteiger partial charge is 0.283 e. The highest BCUT2D eigenvalue weighted by Gasteiger charge is 2.23. The zero-order valence-corrected chi connectivity index (χ0v) is 20.3. The highest BCUT2D eigenvalue weighted by Crippen LogP contribution is 2.33. The average Bonchev–Trinajstić information content (AvgIpc) is 3.50. The van der Waals surface area contributed by atoms with E-state index in [4.69, 9.17) is 13.6 Å². The van der Waals surface area contributed by atoms with E-state index in [-0.39, 0.29) is 6.61 Å². The average molecular weight is 480 g/mol. The molecular formula is C26H29N3O4S. The number of rotatable bonds is 8. The van der Waals surface area contributed by atoms with Crippen molar-refractivity contribution in [2.75, 3.05) is 32.5 Å². The van der Waals surface area contributed by atoms with E-state index in [1.807, 2.05) is 24.3 Å². The quantitative estimate of drug-likeness (QED) is 0.348. The molecule has 5 rings (SSSR count). The molecule has 1 unspecified atom stereocenters. The van der Waals surface area contributed by atoms with E-state index in [0.717, 1.165) is 31.3 Å². The predicted octanol–water partition coefficient (Wildman–Crippen LogP) is 5.13. The first-order chi connectivity index (χ1) is 16.6. The zero-order chi connectivity index (χ0) is 23.5. The summed E-state index contributed by atoms with van der Waals surface area (Å²) in [7, 11) is 0. The first-order valence-corrected chi connectivity index (χ1v) is 12.8. The molecule has 1 atom stereocenters. The van der Waals surface area contributed by atoms with Crippen molar-refractivity contribution in [2.24, 2.45) is 0 Å². The molecule has 0 amide bonds. The van der Waals surface area contributed by atoms with Crippen molar-refractivity contribution in [2.45, 2.75) is 36.7 Å². The van der Waals surface area contributed by atoms with Gasteiger partial charge in [0.25, 0.3) is 5.89 Å². The van der Waals surface area contributed by atoms with E-state index in [9.17, 15) is 5.11 Å². The van der Waals surface area contributed by atoms with Gasteiger partial charge in [-0.1, -0.05) is 18.2 Å². The first-order valence-electron chi connectivity index (χ1n) is 11.6. The predicted molar refractivity (Wildman–Crippen MR) is 132 cm³/mol. The SMILES string of the molecule is CSc1ccc(C2CCN(CC(O)COc3cccc4oc(-c5nnc(C)o5)cc34)CC2)cc1. The molecule has 1 aliphatic rings. The van der Waals surface area contributed by atoms with Crippen LogP contribution in [0.25, 0.3) is 22.6 Å². The summed E-state index contributed by atoms with van der Waals surface area (Å²) in [5.41, 5.74) is 2.09. The Kier molecular flexibility index (Phi) is 6.89. The molecule has 0 aliphatic carbocycles. The number of furan rings is 1. The lowest BCUT2D eigenvalue weighted by atomic mass is 9.89. The Labute approximate surface area is 203 Å². The van der Waals surface area contributed by atoms with Crippen LogP contribution in [0, 0.1) is 6.92 Å². The normalized spacial score (nSPS) is 16.2. The van der Waals surface area contributed by atoms with Crippen LogP contribution in [0.1, 0.15) is 30.2 Å². The van der Waals surface area contributed by atoms with Gasteiger partial charge in [-0.25, -0.2) is 0 Å². The van der Waals surface area contributed by atoms with Crippen LogP contribution in [-0.2, 0) is 0 Å². The number of likely N-dealkylation sites (tertiary alicyclic amines) is 1. The summed E-state index contributed by atoms with van der Waals surface area (Å²) in [5, 5.41) is 19.3. The third kappa shape index (κ3) is 5.14. The van der Waals surface area contributed by atoms with Crippen LogP contribution in [0.2, 0.25) is 0 Å². The van der Waals surface area contributed by atoms with E-state index in [2.05, 4.69) is 45.6 Å². The number of benzene rings is 2. The number of ether oxygens (including phenoxy) is 1. The number of hydrogen-bond donors (Lipinski definition) is 1. The number of piperidine rings is 1. The number of aryl methyl sites for hydroxylation is 1. The number of thioether (sulfide) groups is 1. The molecule has 1 saturated heterocycles. The Morgan fingerprint density at radius 1 is 1.12 bits per heavy atom. The van der Waals surface area contributed by atoms with E-state index < -0.39 is 6.10 Å². The molecule has 1 N–H and O–H groups in total. The van der Waals surface area contributed by atoms with Gasteiger partial charge in [0.2, 0.25) is 5.89 Å². The van der Waals surface area contributed by atoms with Gasteiger partial charge in [0.1, 0.15) is 24.0 Å². The molecule has 3 heterocycles. The Bertz CT molecular complexity index is 1230. The van der Waals surface area contributed by atoms with Crippen molar-refractivity contribution < 1.29 is 18.7 Å². The molecule has 8 heteroatoms. The van der Waals surface area contributed by atoms with Crippen LogP contribution in [0.3, 0.4) is 0 Å². The minimum absolute atomic E-state index is 0.218. The van der Waals surface area contributed by atoms with Crippen molar-refractivity contribution in [1.82, 2.24) is 15.1 Å². The molecule has 7 nitrogen and oxygen atoms in total. The molecule has 2 aromatic heterocycles. The number of nitrogens with zero attached hydrogens (tertiary/aromatic N) is 3. The number of fused-ring (bicyclic) bond motifs is 1.